The summed E-state index contributed by atoms with van der Waals surface area (Å²) >= 11 is 0. The summed E-state index contributed by atoms with van der Waals surface area (Å²) in [5.41, 5.74) is 18.3. The molecule has 9 N–H and O–H groups in total. The van der Waals surface area contributed by atoms with E-state index in [0.717, 1.165) is 22.0 Å². The van der Waals surface area contributed by atoms with Crippen LogP contribution in [0.2, 0.25) is 0 Å². The van der Waals surface area contributed by atoms with E-state index < -0.39 is 41.5 Å². The van der Waals surface area contributed by atoms with E-state index in [4.69, 9.17) is 21.9 Å². The number of para-hydroxylation sites is 1. The number of ketones is 1. The molecule has 0 bridgehead atoms. The number of carbonyl (C=O) groups is 4. The molecule has 0 fully saturated rings. The van der Waals surface area contributed by atoms with Crippen molar-refractivity contribution in [2.75, 3.05) is 6.54 Å². The lowest BCUT2D eigenvalue weighted by Gasteiger charge is -2.25. The Morgan fingerprint density at radius 1 is 0.909 bits per heavy atom. The topological polar surface area (TPSA) is 208 Å². The predicted molar refractivity (Wildman–Crippen MR) is 169 cm³/mol. The first-order valence-corrected chi connectivity index (χ1v) is 14.6. The summed E-state index contributed by atoms with van der Waals surface area (Å²) < 4.78 is 5.37. The van der Waals surface area contributed by atoms with Gasteiger partial charge in [0.25, 0.3) is 0 Å². The molecule has 0 aliphatic rings. The zero-order valence-electron chi connectivity index (χ0n) is 25.5. The normalized spacial score (nSPS) is 13.3. The van der Waals surface area contributed by atoms with Crippen molar-refractivity contribution in [1.29, 1.82) is 0 Å². The number of Topliss-reactive ketones (excluding diaryl/α,β-unsaturated/α-hetero) is 1. The number of aromatic nitrogens is 1. The number of hydrogen-bond acceptors (Lipinski definition) is 6. The summed E-state index contributed by atoms with van der Waals surface area (Å²) in [6, 6.07) is 14.9. The van der Waals surface area contributed by atoms with Gasteiger partial charge in [0.1, 0.15) is 11.6 Å². The van der Waals surface area contributed by atoms with Crippen LogP contribution in [0.4, 0.5) is 4.79 Å². The van der Waals surface area contributed by atoms with Crippen molar-refractivity contribution >= 4 is 40.6 Å². The molecule has 1 heterocycles. The highest BCUT2D eigenvalue weighted by molar-refractivity contribution is 5.94. The van der Waals surface area contributed by atoms with Gasteiger partial charge in [-0.2, -0.15) is 0 Å². The lowest BCUT2D eigenvalue weighted by Crippen LogP contribution is -2.49. The molecular weight excluding hydrogens is 562 g/mol. The average Bonchev–Trinajstić information content (AvgIpc) is 3.36. The van der Waals surface area contributed by atoms with E-state index in [-0.39, 0.29) is 44.0 Å². The molecule has 44 heavy (non-hydrogen) atoms. The highest BCUT2D eigenvalue weighted by atomic mass is 16.6. The Morgan fingerprint density at radius 3 is 2.25 bits per heavy atom. The molecule has 3 rings (SSSR count). The predicted octanol–water partition coefficient (Wildman–Crippen LogP) is 2.45. The molecule has 0 saturated heterocycles. The van der Waals surface area contributed by atoms with Gasteiger partial charge in [-0.05, 0) is 57.2 Å². The minimum atomic E-state index is -1.01. The van der Waals surface area contributed by atoms with Crippen LogP contribution in [0.25, 0.3) is 10.9 Å². The number of nitrogens with two attached hydrogens (primary N) is 3. The summed E-state index contributed by atoms with van der Waals surface area (Å²) in [5, 5.41) is 6.35. The van der Waals surface area contributed by atoms with Crippen LogP contribution in [0.3, 0.4) is 0 Å². The number of nitrogens with one attached hydrogen (secondary N) is 3. The first kappa shape index (κ1) is 33.6. The number of alkyl carbamates (subject to hydrolysis) is 1. The monoisotopic (exact) mass is 605 g/mol. The molecule has 0 aliphatic heterocycles. The van der Waals surface area contributed by atoms with Crippen LogP contribution in [0.5, 0.6) is 0 Å². The molecule has 0 unspecified atom stereocenters. The van der Waals surface area contributed by atoms with Gasteiger partial charge in [0.05, 0.1) is 6.04 Å². The number of rotatable bonds is 15. The Balaban J connectivity index is 1.81. The van der Waals surface area contributed by atoms with Gasteiger partial charge in [0, 0.05) is 42.4 Å². The molecule has 0 saturated carbocycles. The third-order valence-corrected chi connectivity index (χ3v) is 6.93. The number of ether oxygens (including phenoxy) is 1. The van der Waals surface area contributed by atoms with Crippen LogP contribution >= 0.6 is 0 Å². The molecule has 2 aromatic carbocycles. The van der Waals surface area contributed by atoms with Gasteiger partial charge in [-0.1, -0.05) is 48.5 Å². The van der Waals surface area contributed by atoms with Gasteiger partial charge in [-0.3, -0.25) is 19.4 Å². The van der Waals surface area contributed by atoms with E-state index >= 15 is 0 Å². The highest BCUT2D eigenvalue weighted by Crippen LogP contribution is 2.21. The third kappa shape index (κ3) is 10.8. The Morgan fingerprint density at radius 2 is 1.59 bits per heavy atom. The molecule has 1 aromatic heterocycles. The van der Waals surface area contributed by atoms with E-state index in [9.17, 15) is 19.2 Å². The van der Waals surface area contributed by atoms with Crippen LogP contribution in [0.1, 0.15) is 51.2 Å². The smallest absolute Gasteiger partial charge is 0.408 e. The minimum absolute atomic E-state index is 0.0794. The lowest BCUT2D eigenvalue weighted by atomic mass is 9.89. The second kappa shape index (κ2) is 15.6. The fraction of sp³-hybridized carbons (Fsp3) is 0.406. The molecule has 3 atom stereocenters. The Kier molecular flexibility index (Phi) is 11.9. The molecule has 3 amide bonds. The maximum absolute atomic E-state index is 13.7. The van der Waals surface area contributed by atoms with Crippen molar-refractivity contribution in [2.45, 2.75) is 70.6 Å². The second-order valence-corrected chi connectivity index (χ2v) is 11.7. The fourth-order valence-electron chi connectivity index (χ4n) is 4.84. The van der Waals surface area contributed by atoms with E-state index in [1.807, 2.05) is 54.6 Å². The van der Waals surface area contributed by atoms with Crippen molar-refractivity contribution in [3.05, 3.63) is 71.9 Å². The average molecular weight is 606 g/mol. The number of benzene rings is 2. The molecule has 12 heteroatoms. The van der Waals surface area contributed by atoms with Gasteiger partial charge in [0.15, 0.2) is 11.7 Å². The highest BCUT2D eigenvalue weighted by Gasteiger charge is 2.31. The number of amides is 3. The number of H-pyrrole nitrogens is 1. The van der Waals surface area contributed by atoms with Gasteiger partial charge in [-0.25, -0.2) is 4.79 Å². The number of fused-ring (bicyclic) bond motifs is 1. The van der Waals surface area contributed by atoms with Gasteiger partial charge in [-0.15, -0.1) is 0 Å². The van der Waals surface area contributed by atoms with Crippen molar-refractivity contribution < 1.29 is 23.9 Å². The zero-order chi connectivity index (χ0) is 32.3. The summed E-state index contributed by atoms with van der Waals surface area (Å²) in [7, 11) is 0. The van der Waals surface area contributed by atoms with Crippen LogP contribution in [-0.4, -0.2) is 58.9 Å². The number of primary amides is 1. The number of hydrogen-bond donors (Lipinski definition) is 6. The number of carbonyl (C=O) groups excluding carboxylic acids is 4. The first-order valence-electron chi connectivity index (χ1n) is 14.6. The molecule has 0 radical (unpaired) electrons. The van der Waals surface area contributed by atoms with E-state index in [0.29, 0.717) is 6.42 Å². The van der Waals surface area contributed by atoms with Crippen molar-refractivity contribution in [3.63, 3.8) is 0 Å². The Bertz CT molecular complexity index is 1460. The summed E-state index contributed by atoms with van der Waals surface area (Å²) in [5.74, 6) is -2.50. The fourth-order valence-corrected chi connectivity index (χ4v) is 4.84. The van der Waals surface area contributed by atoms with E-state index in [2.05, 4.69) is 20.6 Å². The largest absolute Gasteiger partial charge is 0.444 e. The van der Waals surface area contributed by atoms with Crippen molar-refractivity contribution in [2.24, 2.45) is 28.1 Å². The molecule has 0 spiro atoms. The molecule has 0 aliphatic carbocycles. The summed E-state index contributed by atoms with van der Waals surface area (Å²) in [6.45, 7) is 5.40. The second-order valence-electron chi connectivity index (χ2n) is 11.7. The lowest BCUT2D eigenvalue weighted by molar-refractivity contribution is -0.132. The minimum Gasteiger partial charge on any atom is -0.444 e. The standard InChI is InChI=1S/C32H43N7O5/c1-32(2,3)44-31(43)39-25(14-9-15-36-30(34)35)27(40)18-21(16-20-10-5-4-6-11-20)29(42)38-26(28(33)41)17-22-19-37-24-13-8-7-12-23(22)24/h4-8,10-13,19,21,25-26,37H,9,14-18H2,1-3H3,(H2,33,41)(H,38,42)(H,39,43)(H4,34,35,36)/t21-,25-,26+/m1/s1. The zero-order valence-corrected chi connectivity index (χ0v) is 25.5. The maximum atomic E-state index is 13.7. The van der Waals surface area contributed by atoms with Crippen LogP contribution < -0.4 is 27.8 Å². The van der Waals surface area contributed by atoms with Gasteiger partial charge < -0.3 is 37.6 Å². The van der Waals surface area contributed by atoms with Gasteiger partial charge in [0.2, 0.25) is 11.8 Å². The van der Waals surface area contributed by atoms with Crippen LogP contribution in [-0.2, 0) is 32.0 Å². The first-order chi connectivity index (χ1) is 20.8. The van der Waals surface area contributed by atoms with E-state index in [1.165, 1.54) is 0 Å². The van der Waals surface area contributed by atoms with Crippen LogP contribution in [0.15, 0.2) is 65.8 Å². The summed E-state index contributed by atoms with van der Waals surface area (Å²) in [6.07, 6.45) is 1.84. The molecule has 12 nitrogen and oxygen atoms in total. The Hall–Kier alpha value is -4.87. The van der Waals surface area contributed by atoms with E-state index in [1.54, 1.807) is 27.0 Å². The Labute approximate surface area is 257 Å². The maximum Gasteiger partial charge on any atom is 0.408 e. The molecule has 236 valence electrons. The number of aromatic amines is 1. The molecule has 3 aromatic rings. The van der Waals surface area contributed by atoms with Gasteiger partial charge >= 0.3 is 6.09 Å². The number of guanidine groups is 1. The number of aliphatic imine (C=N–C) groups is 1. The number of nitrogens with zero attached hydrogens (tertiary/aromatic N) is 1. The van der Waals surface area contributed by atoms with Crippen molar-refractivity contribution in [1.82, 2.24) is 15.6 Å². The van der Waals surface area contributed by atoms with Crippen molar-refractivity contribution in [3.8, 4) is 0 Å². The quantitative estimate of drug-likeness (QED) is 0.0865. The molecular formula is C32H43N7O5. The SMILES string of the molecule is CC(C)(C)OC(=O)N[C@H](CCCN=C(N)N)C(=O)C[C@@H](Cc1ccccc1)C(=O)N[C@@H](Cc1c[nH]c2ccccc12)C(N)=O. The summed E-state index contributed by atoms with van der Waals surface area (Å²) in [4.78, 5) is 59.6. The van der Waals surface area contributed by atoms with Crippen LogP contribution in [0, 0.1) is 5.92 Å². The third-order valence-electron chi connectivity index (χ3n) is 6.93.